The number of amides is 1. The molecule has 0 saturated carbocycles. The van der Waals surface area contributed by atoms with Crippen LogP contribution in [-0.2, 0) is 21.4 Å². The Morgan fingerprint density at radius 3 is 2.36 bits per heavy atom. The van der Waals surface area contributed by atoms with Gasteiger partial charge in [0.15, 0.2) is 0 Å². The van der Waals surface area contributed by atoms with Crippen LogP contribution in [0.4, 0.5) is 0 Å². The number of nitrogens with one attached hydrogen (secondary N) is 1. The SMILES string of the molecule is Cc1ccccc1CN(CC(=O)NCCC(C)C)S(=O)(=O)c1ccc(Cl)cc1. The van der Waals surface area contributed by atoms with Gasteiger partial charge in [0.25, 0.3) is 0 Å². The molecule has 0 aliphatic carbocycles. The number of rotatable bonds is 9. The summed E-state index contributed by atoms with van der Waals surface area (Å²) in [6.07, 6.45) is 0.841. The van der Waals surface area contributed by atoms with Gasteiger partial charge in [-0.3, -0.25) is 4.79 Å². The molecule has 2 aromatic carbocycles. The lowest BCUT2D eigenvalue weighted by Gasteiger charge is -2.23. The van der Waals surface area contributed by atoms with E-state index in [4.69, 9.17) is 11.6 Å². The standard InChI is InChI=1S/C21H27ClN2O3S/c1-16(2)12-13-23-21(25)15-24(14-18-7-5-4-6-17(18)3)28(26,27)20-10-8-19(22)9-11-20/h4-11,16H,12-15H2,1-3H3,(H,23,25). The summed E-state index contributed by atoms with van der Waals surface area (Å²) in [5, 5.41) is 3.27. The first-order valence-corrected chi connectivity index (χ1v) is 11.1. The Morgan fingerprint density at radius 1 is 1.11 bits per heavy atom. The number of carbonyl (C=O) groups excluding carboxylic acids is 1. The molecule has 0 unspecified atom stereocenters. The molecule has 28 heavy (non-hydrogen) atoms. The minimum Gasteiger partial charge on any atom is -0.355 e. The van der Waals surface area contributed by atoms with Crippen molar-refractivity contribution in [3.05, 3.63) is 64.7 Å². The fourth-order valence-corrected chi connectivity index (χ4v) is 4.18. The van der Waals surface area contributed by atoms with E-state index in [2.05, 4.69) is 19.2 Å². The highest BCUT2D eigenvalue weighted by atomic mass is 35.5. The summed E-state index contributed by atoms with van der Waals surface area (Å²) in [7, 11) is -3.86. The molecule has 7 heteroatoms. The van der Waals surface area contributed by atoms with Crippen molar-refractivity contribution < 1.29 is 13.2 Å². The summed E-state index contributed by atoms with van der Waals surface area (Å²) in [6.45, 7) is 6.47. The maximum absolute atomic E-state index is 13.2. The number of benzene rings is 2. The van der Waals surface area contributed by atoms with Crippen LogP contribution in [-0.4, -0.2) is 31.7 Å². The maximum atomic E-state index is 13.2. The summed E-state index contributed by atoms with van der Waals surface area (Å²) in [5.74, 6) is 0.146. The van der Waals surface area contributed by atoms with Crippen LogP contribution in [0.5, 0.6) is 0 Å². The minimum absolute atomic E-state index is 0.112. The average molecular weight is 423 g/mol. The summed E-state index contributed by atoms with van der Waals surface area (Å²) < 4.78 is 27.6. The molecule has 1 N–H and O–H groups in total. The lowest BCUT2D eigenvalue weighted by Crippen LogP contribution is -2.40. The number of hydrogen-bond donors (Lipinski definition) is 1. The van der Waals surface area contributed by atoms with Crippen molar-refractivity contribution in [2.24, 2.45) is 5.92 Å². The van der Waals surface area contributed by atoms with E-state index < -0.39 is 10.0 Å². The van der Waals surface area contributed by atoms with E-state index in [-0.39, 0.29) is 23.9 Å². The quantitative estimate of drug-likeness (QED) is 0.664. The van der Waals surface area contributed by atoms with E-state index in [0.717, 1.165) is 17.5 Å². The Hall–Kier alpha value is -1.89. The second kappa shape index (κ2) is 10.0. The van der Waals surface area contributed by atoms with Gasteiger partial charge in [-0.05, 0) is 54.7 Å². The van der Waals surface area contributed by atoms with Gasteiger partial charge in [0.05, 0.1) is 11.4 Å². The summed E-state index contributed by atoms with van der Waals surface area (Å²) in [5.41, 5.74) is 1.83. The van der Waals surface area contributed by atoms with Crippen LogP contribution >= 0.6 is 11.6 Å². The molecule has 0 aliphatic rings. The van der Waals surface area contributed by atoms with Gasteiger partial charge >= 0.3 is 0 Å². The Kier molecular flexibility index (Phi) is 8.04. The van der Waals surface area contributed by atoms with Gasteiger partial charge in [-0.1, -0.05) is 49.7 Å². The van der Waals surface area contributed by atoms with Crippen LogP contribution in [0.15, 0.2) is 53.4 Å². The zero-order valence-electron chi connectivity index (χ0n) is 16.5. The maximum Gasteiger partial charge on any atom is 0.243 e. The number of carbonyl (C=O) groups is 1. The van der Waals surface area contributed by atoms with Gasteiger partial charge in [-0.15, -0.1) is 0 Å². The van der Waals surface area contributed by atoms with Crippen LogP contribution in [0, 0.1) is 12.8 Å². The lowest BCUT2D eigenvalue weighted by molar-refractivity contribution is -0.121. The van der Waals surface area contributed by atoms with Gasteiger partial charge in [-0.25, -0.2) is 8.42 Å². The molecule has 0 spiro atoms. The second-order valence-corrected chi connectivity index (χ2v) is 9.56. The molecule has 0 atom stereocenters. The zero-order chi connectivity index (χ0) is 20.7. The molecule has 0 bridgehead atoms. The molecular formula is C21H27ClN2O3S. The summed E-state index contributed by atoms with van der Waals surface area (Å²) in [4.78, 5) is 12.5. The predicted octanol–water partition coefficient (Wildman–Crippen LogP) is 4.00. The molecule has 0 saturated heterocycles. The number of nitrogens with zero attached hydrogens (tertiary/aromatic N) is 1. The van der Waals surface area contributed by atoms with Crippen LogP contribution in [0.2, 0.25) is 5.02 Å². The Bertz CT molecular complexity index is 896. The fourth-order valence-electron chi connectivity index (χ4n) is 2.68. The van der Waals surface area contributed by atoms with Gasteiger partial charge < -0.3 is 5.32 Å². The van der Waals surface area contributed by atoms with Gasteiger partial charge in [0.2, 0.25) is 15.9 Å². The minimum atomic E-state index is -3.86. The normalized spacial score (nSPS) is 11.8. The van der Waals surface area contributed by atoms with Gasteiger partial charge in [-0.2, -0.15) is 4.31 Å². The van der Waals surface area contributed by atoms with Gasteiger partial charge in [0.1, 0.15) is 0 Å². The van der Waals surface area contributed by atoms with Crippen molar-refractivity contribution >= 4 is 27.5 Å². The highest BCUT2D eigenvalue weighted by molar-refractivity contribution is 7.89. The van der Waals surface area contributed by atoms with Crippen molar-refractivity contribution in [3.63, 3.8) is 0 Å². The third kappa shape index (κ3) is 6.33. The van der Waals surface area contributed by atoms with Crippen LogP contribution in [0.3, 0.4) is 0 Å². The van der Waals surface area contributed by atoms with Crippen molar-refractivity contribution in [1.82, 2.24) is 9.62 Å². The molecule has 1 amide bonds. The van der Waals surface area contributed by atoms with E-state index in [1.54, 1.807) is 0 Å². The molecule has 0 fully saturated rings. The average Bonchev–Trinajstić information content (AvgIpc) is 2.63. The molecule has 0 aliphatic heterocycles. The van der Waals surface area contributed by atoms with Gasteiger partial charge in [0, 0.05) is 18.1 Å². The van der Waals surface area contributed by atoms with E-state index in [1.807, 2.05) is 31.2 Å². The van der Waals surface area contributed by atoms with Crippen molar-refractivity contribution in [2.75, 3.05) is 13.1 Å². The zero-order valence-corrected chi connectivity index (χ0v) is 18.1. The van der Waals surface area contributed by atoms with E-state index in [0.29, 0.717) is 17.5 Å². The largest absolute Gasteiger partial charge is 0.355 e. The summed E-state index contributed by atoms with van der Waals surface area (Å²) >= 11 is 5.89. The van der Waals surface area contributed by atoms with Crippen LogP contribution < -0.4 is 5.32 Å². The molecule has 2 rings (SSSR count). The number of halogens is 1. The first kappa shape index (κ1) is 22.4. The molecular weight excluding hydrogens is 396 g/mol. The Labute approximate surface area is 172 Å². The molecule has 5 nitrogen and oxygen atoms in total. The molecule has 0 radical (unpaired) electrons. The topological polar surface area (TPSA) is 66.5 Å². The van der Waals surface area contributed by atoms with E-state index >= 15 is 0 Å². The summed E-state index contributed by atoms with van der Waals surface area (Å²) in [6, 6.07) is 13.5. The number of sulfonamides is 1. The molecule has 0 aromatic heterocycles. The van der Waals surface area contributed by atoms with Crippen LogP contribution in [0.1, 0.15) is 31.4 Å². The Balaban J connectivity index is 2.26. The Morgan fingerprint density at radius 2 is 1.75 bits per heavy atom. The van der Waals surface area contributed by atoms with Crippen molar-refractivity contribution in [1.29, 1.82) is 0 Å². The second-order valence-electron chi connectivity index (χ2n) is 7.19. The number of hydrogen-bond acceptors (Lipinski definition) is 3. The first-order valence-electron chi connectivity index (χ1n) is 9.27. The number of aryl methyl sites for hydroxylation is 1. The first-order chi connectivity index (χ1) is 13.2. The fraction of sp³-hybridized carbons (Fsp3) is 0.381. The third-order valence-corrected chi connectivity index (χ3v) is 6.48. The lowest BCUT2D eigenvalue weighted by atomic mass is 10.1. The smallest absolute Gasteiger partial charge is 0.243 e. The van der Waals surface area contributed by atoms with E-state index in [9.17, 15) is 13.2 Å². The molecule has 2 aromatic rings. The molecule has 152 valence electrons. The van der Waals surface area contributed by atoms with Crippen molar-refractivity contribution in [3.8, 4) is 0 Å². The monoisotopic (exact) mass is 422 g/mol. The van der Waals surface area contributed by atoms with E-state index in [1.165, 1.54) is 28.6 Å². The third-order valence-electron chi connectivity index (χ3n) is 4.42. The highest BCUT2D eigenvalue weighted by Crippen LogP contribution is 2.21. The van der Waals surface area contributed by atoms with Crippen LogP contribution in [0.25, 0.3) is 0 Å². The van der Waals surface area contributed by atoms with Crippen molar-refractivity contribution in [2.45, 2.75) is 38.6 Å². The predicted molar refractivity (Wildman–Crippen MR) is 113 cm³/mol. The molecule has 0 heterocycles. The highest BCUT2D eigenvalue weighted by Gasteiger charge is 2.27.